The molecule has 1 fully saturated rings. The first kappa shape index (κ1) is 11.2. The van der Waals surface area contributed by atoms with Crippen LogP contribution in [-0.4, -0.2) is 35.5 Å². The summed E-state index contributed by atoms with van der Waals surface area (Å²) < 4.78 is 1.73. The van der Waals surface area contributed by atoms with E-state index in [0.29, 0.717) is 0 Å². The minimum Gasteiger partial charge on any atom is -0.369 e. The fourth-order valence-electron chi connectivity index (χ4n) is 1.74. The molecule has 1 aromatic carbocycles. The summed E-state index contributed by atoms with van der Waals surface area (Å²) in [6.07, 6.45) is 0. The predicted octanol–water partition coefficient (Wildman–Crippen LogP) is 1.87. The van der Waals surface area contributed by atoms with Crippen molar-refractivity contribution in [2.45, 2.75) is 0 Å². The largest absolute Gasteiger partial charge is 0.369 e. The number of nitro groups is 1. The second-order valence-electron chi connectivity index (χ2n) is 3.67. The smallest absolute Gasteiger partial charge is 0.271 e. The van der Waals surface area contributed by atoms with Crippen LogP contribution in [0.1, 0.15) is 0 Å². The van der Waals surface area contributed by atoms with E-state index in [2.05, 4.69) is 4.90 Å². The van der Waals surface area contributed by atoms with E-state index < -0.39 is 0 Å². The van der Waals surface area contributed by atoms with Crippen LogP contribution in [-0.2, 0) is 0 Å². The molecule has 0 aliphatic carbocycles. The zero-order valence-corrected chi connectivity index (χ0v) is 9.43. The van der Waals surface area contributed by atoms with Gasteiger partial charge in [0.25, 0.3) is 5.69 Å². The van der Waals surface area contributed by atoms with E-state index in [1.165, 1.54) is 6.07 Å². The van der Waals surface area contributed by atoms with Gasteiger partial charge in [-0.15, -0.1) is 0 Å². The molecule has 1 saturated heterocycles. The van der Waals surface area contributed by atoms with Gasteiger partial charge in [-0.3, -0.25) is 10.1 Å². The fraction of sp³-hybridized carbons (Fsp3) is 0.400. The molecule has 1 heterocycles. The number of halogens is 1. The second-order valence-corrected chi connectivity index (χ2v) is 4.15. The van der Waals surface area contributed by atoms with Crippen molar-refractivity contribution >= 4 is 23.2 Å². The number of non-ortho nitro benzene ring substituents is 1. The second kappa shape index (κ2) is 4.67. The number of hydrogen-bond donors (Lipinski definition) is 0. The molecule has 0 unspecified atom stereocenters. The first-order chi connectivity index (χ1) is 7.66. The van der Waals surface area contributed by atoms with E-state index in [1.807, 2.05) is 6.07 Å². The van der Waals surface area contributed by atoms with Crippen molar-refractivity contribution in [2.75, 3.05) is 31.1 Å². The summed E-state index contributed by atoms with van der Waals surface area (Å²) in [5.74, 6) is 0. The molecule has 0 aromatic heterocycles. The third kappa shape index (κ3) is 2.43. The van der Waals surface area contributed by atoms with Gasteiger partial charge in [0.05, 0.1) is 4.92 Å². The predicted molar refractivity (Wildman–Crippen MR) is 62.7 cm³/mol. The van der Waals surface area contributed by atoms with E-state index in [-0.39, 0.29) is 10.6 Å². The molecule has 6 heteroatoms. The lowest BCUT2D eigenvalue weighted by molar-refractivity contribution is -0.384. The maximum Gasteiger partial charge on any atom is 0.271 e. The van der Waals surface area contributed by atoms with E-state index >= 15 is 0 Å². The Bertz CT molecular complexity index is 391. The highest BCUT2D eigenvalue weighted by Crippen LogP contribution is 2.22. The van der Waals surface area contributed by atoms with Crippen LogP contribution < -0.4 is 4.90 Å². The highest BCUT2D eigenvalue weighted by atomic mass is 35.5. The topological polar surface area (TPSA) is 49.6 Å². The number of nitrogens with zero attached hydrogens (tertiary/aromatic N) is 3. The van der Waals surface area contributed by atoms with Crippen LogP contribution >= 0.6 is 11.8 Å². The normalized spacial score (nSPS) is 17.4. The van der Waals surface area contributed by atoms with Gasteiger partial charge in [-0.2, -0.15) is 0 Å². The summed E-state index contributed by atoms with van der Waals surface area (Å²) >= 11 is 5.85. The van der Waals surface area contributed by atoms with E-state index in [4.69, 9.17) is 11.8 Å². The Labute approximate surface area is 98.5 Å². The number of rotatable bonds is 2. The van der Waals surface area contributed by atoms with Crippen LogP contribution in [0, 0.1) is 10.1 Å². The molecule has 1 aliphatic rings. The third-order valence-electron chi connectivity index (χ3n) is 2.63. The van der Waals surface area contributed by atoms with Crippen molar-refractivity contribution in [1.82, 2.24) is 4.42 Å². The van der Waals surface area contributed by atoms with Crippen LogP contribution in [0.15, 0.2) is 24.3 Å². The monoisotopic (exact) mass is 241 g/mol. The molecule has 0 atom stereocenters. The fourth-order valence-corrected chi connectivity index (χ4v) is 1.89. The summed E-state index contributed by atoms with van der Waals surface area (Å²) in [4.78, 5) is 12.4. The van der Waals surface area contributed by atoms with Crippen molar-refractivity contribution in [1.29, 1.82) is 0 Å². The lowest BCUT2D eigenvalue weighted by atomic mass is 10.2. The van der Waals surface area contributed by atoms with Crippen LogP contribution in [0.3, 0.4) is 0 Å². The molecular formula is C10H12ClN3O2. The summed E-state index contributed by atoms with van der Waals surface area (Å²) in [6, 6.07) is 6.70. The van der Waals surface area contributed by atoms with Crippen molar-refractivity contribution in [3.63, 3.8) is 0 Å². The highest BCUT2D eigenvalue weighted by Gasteiger charge is 2.17. The first-order valence-corrected chi connectivity index (χ1v) is 5.41. The molecule has 1 aromatic rings. The Morgan fingerprint density at radius 3 is 2.56 bits per heavy atom. The molecule has 0 N–H and O–H groups in total. The lowest BCUT2D eigenvalue weighted by Gasteiger charge is -2.32. The molecule has 1 aliphatic heterocycles. The van der Waals surface area contributed by atoms with Gasteiger partial charge in [0.15, 0.2) is 0 Å². The van der Waals surface area contributed by atoms with Crippen molar-refractivity contribution in [2.24, 2.45) is 0 Å². The van der Waals surface area contributed by atoms with Gasteiger partial charge >= 0.3 is 0 Å². The minimum absolute atomic E-state index is 0.130. The molecule has 16 heavy (non-hydrogen) atoms. The van der Waals surface area contributed by atoms with Crippen LogP contribution in [0.4, 0.5) is 11.4 Å². The van der Waals surface area contributed by atoms with Crippen molar-refractivity contribution < 1.29 is 4.92 Å². The van der Waals surface area contributed by atoms with Gasteiger partial charge in [-0.05, 0) is 17.8 Å². The maximum absolute atomic E-state index is 10.6. The SMILES string of the molecule is O=[N+]([O-])c1cccc(N2CCN(Cl)CC2)c1. The Kier molecular flexibility index (Phi) is 3.26. The summed E-state index contributed by atoms with van der Waals surface area (Å²) in [5, 5.41) is 10.6. The maximum atomic E-state index is 10.6. The molecule has 0 bridgehead atoms. The molecule has 86 valence electrons. The Balaban J connectivity index is 2.14. The summed E-state index contributed by atoms with van der Waals surface area (Å²) in [5.41, 5.74) is 1.02. The average molecular weight is 242 g/mol. The van der Waals surface area contributed by atoms with E-state index in [0.717, 1.165) is 31.9 Å². The number of benzene rings is 1. The molecule has 0 amide bonds. The summed E-state index contributed by atoms with van der Waals surface area (Å²) in [7, 11) is 0. The quantitative estimate of drug-likeness (QED) is 0.451. The van der Waals surface area contributed by atoms with Gasteiger partial charge in [0, 0.05) is 44.0 Å². The molecule has 5 nitrogen and oxygen atoms in total. The van der Waals surface area contributed by atoms with E-state index in [9.17, 15) is 10.1 Å². The van der Waals surface area contributed by atoms with Gasteiger partial charge in [-0.1, -0.05) is 6.07 Å². The average Bonchev–Trinajstić information content (AvgIpc) is 2.30. The molecule has 0 saturated carbocycles. The minimum atomic E-state index is -0.374. The number of piperazine rings is 1. The van der Waals surface area contributed by atoms with Crippen LogP contribution in [0.25, 0.3) is 0 Å². The molecule has 0 spiro atoms. The van der Waals surface area contributed by atoms with Gasteiger partial charge in [0.2, 0.25) is 0 Å². The van der Waals surface area contributed by atoms with Crippen LogP contribution in [0.2, 0.25) is 0 Å². The molecular weight excluding hydrogens is 230 g/mol. The highest BCUT2D eigenvalue weighted by molar-refractivity contribution is 6.13. The Morgan fingerprint density at radius 1 is 1.25 bits per heavy atom. The third-order valence-corrected chi connectivity index (χ3v) is 2.97. The van der Waals surface area contributed by atoms with Crippen molar-refractivity contribution in [3.8, 4) is 0 Å². The molecule has 2 rings (SSSR count). The van der Waals surface area contributed by atoms with Crippen molar-refractivity contribution in [3.05, 3.63) is 34.4 Å². The van der Waals surface area contributed by atoms with Gasteiger partial charge < -0.3 is 4.90 Å². The van der Waals surface area contributed by atoms with Gasteiger partial charge in [-0.25, -0.2) is 4.42 Å². The number of nitro benzene ring substituents is 1. The summed E-state index contributed by atoms with van der Waals surface area (Å²) in [6.45, 7) is 3.13. The standard InChI is InChI=1S/C10H12ClN3O2/c11-13-6-4-12(5-7-13)9-2-1-3-10(8-9)14(15)16/h1-3,8H,4-7H2. The number of hydrogen-bond acceptors (Lipinski definition) is 4. The van der Waals surface area contributed by atoms with Gasteiger partial charge in [0.1, 0.15) is 0 Å². The van der Waals surface area contributed by atoms with Crippen LogP contribution in [0.5, 0.6) is 0 Å². The number of anilines is 1. The first-order valence-electron chi connectivity index (χ1n) is 5.07. The lowest BCUT2D eigenvalue weighted by Crippen LogP contribution is -2.42. The van der Waals surface area contributed by atoms with E-state index in [1.54, 1.807) is 16.6 Å². The molecule has 0 radical (unpaired) electrons. The zero-order chi connectivity index (χ0) is 11.5. The Hall–Kier alpha value is -1.33. The Morgan fingerprint density at radius 2 is 1.94 bits per heavy atom. The zero-order valence-electron chi connectivity index (χ0n) is 8.67.